The Morgan fingerprint density at radius 1 is 1.09 bits per heavy atom. The molecular formula is C9H18N2. The van der Waals surface area contributed by atoms with Crippen LogP contribution >= 0.6 is 0 Å². The lowest BCUT2D eigenvalue weighted by Gasteiger charge is -2.36. The van der Waals surface area contributed by atoms with Gasteiger partial charge in [-0.3, -0.25) is 10.6 Å². The lowest BCUT2D eigenvalue weighted by molar-refractivity contribution is 0.197. The van der Waals surface area contributed by atoms with Crippen molar-refractivity contribution in [3.05, 3.63) is 0 Å². The van der Waals surface area contributed by atoms with Crippen molar-refractivity contribution in [3.63, 3.8) is 0 Å². The molecule has 1 saturated carbocycles. The van der Waals surface area contributed by atoms with Gasteiger partial charge in [0.25, 0.3) is 0 Å². The third kappa shape index (κ3) is 1.42. The van der Waals surface area contributed by atoms with E-state index in [-0.39, 0.29) is 0 Å². The highest BCUT2D eigenvalue weighted by molar-refractivity contribution is 4.93. The second-order valence-electron chi connectivity index (χ2n) is 4.12. The highest BCUT2D eigenvalue weighted by Gasteiger charge is 2.35. The van der Waals surface area contributed by atoms with Crippen LogP contribution in [0.2, 0.25) is 0 Å². The molecule has 0 radical (unpaired) electrons. The van der Waals surface area contributed by atoms with E-state index in [9.17, 15) is 0 Å². The fourth-order valence-corrected chi connectivity index (χ4v) is 2.27. The highest BCUT2D eigenvalue weighted by Crippen LogP contribution is 2.30. The molecule has 2 N–H and O–H groups in total. The monoisotopic (exact) mass is 154 g/mol. The first-order chi connectivity index (χ1) is 5.31. The van der Waals surface area contributed by atoms with E-state index < -0.39 is 0 Å². The Morgan fingerprint density at radius 3 is 2.18 bits per heavy atom. The Labute approximate surface area is 68.7 Å². The molecule has 2 nitrogen and oxygen atoms in total. The Kier molecular flexibility index (Phi) is 1.90. The second-order valence-corrected chi connectivity index (χ2v) is 4.12. The summed E-state index contributed by atoms with van der Waals surface area (Å²) in [4.78, 5) is 0. The van der Waals surface area contributed by atoms with E-state index in [1.807, 2.05) is 0 Å². The standard InChI is InChI=1S/C9H18N2/c1-8-2-4-9(5-3-8)10-6-7-11-9/h8,10-11H,2-7H2,1H3. The lowest BCUT2D eigenvalue weighted by Crippen LogP contribution is -2.51. The minimum atomic E-state index is 0.354. The van der Waals surface area contributed by atoms with Crippen LogP contribution in [0.4, 0.5) is 0 Å². The van der Waals surface area contributed by atoms with E-state index in [2.05, 4.69) is 17.6 Å². The van der Waals surface area contributed by atoms with Gasteiger partial charge < -0.3 is 0 Å². The Morgan fingerprint density at radius 2 is 1.64 bits per heavy atom. The van der Waals surface area contributed by atoms with Gasteiger partial charge in [0.1, 0.15) is 0 Å². The number of nitrogens with one attached hydrogen (secondary N) is 2. The van der Waals surface area contributed by atoms with Crippen LogP contribution in [-0.2, 0) is 0 Å². The lowest BCUT2D eigenvalue weighted by atomic mass is 9.83. The molecule has 64 valence electrons. The van der Waals surface area contributed by atoms with Gasteiger partial charge in [0, 0.05) is 13.1 Å². The summed E-state index contributed by atoms with van der Waals surface area (Å²) in [5.74, 6) is 0.949. The van der Waals surface area contributed by atoms with E-state index >= 15 is 0 Å². The molecule has 2 aliphatic rings. The summed E-state index contributed by atoms with van der Waals surface area (Å²) < 4.78 is 0. The van der Waals surface area contributed by atoms with Crippen LogP contribution in [0.1, 0.15) is 32.6 Å². The maximum absolute atomic E-state index is 3.58. The predicted molar refractivity (Wildman–Crippen MR) is 46.4 cm³/mol. The van der Waals surface area contributed by atoms with Crippen LogP contribution in [0.15, 0.2) is 0 Å². The van der Waals surface area contributed by atoms with Gasteiger partial charge in [0.05, 0.1) is 5.66 Å². The first-order valence-corrected chi connectivity index (χ1v) is 4.81. The fourth-order valence-electron chi connectivity index (χ4n) is 2.27. The molecule has 0 atom stereocenters. The quantitative estimate of drug-likeness (QED) is 0.545. The minimum absolute atomic E-state index is 0.354. The number of rotatable bonds is 0. The van der Waals surface area contributed by atoms with Crippen molar-refractivity contribution in [3.8, 4) is 0 Å². The fraction of sp³-hybridized carbons (Fsp3) is 1.00. The topological polar surface area (TPSA) is 24.1 Å². The third-order valence-electron chi connectivity index (χ3n) is 3.18. The van der Waals surface area contributed by atoms with Gasteiger partial charge >= 0.3 is 0 Å². The van der Waals surface area contributed by atoms with Gasteiger partial charge in [0.2, 0.25) is 0 Å². The zero-order chi connectivity index (χ0) is 7.73. The predicted octanol–water partition coefficient (Wildman–Crippen LogP) is 1.09. The summed E-state index contributed by atoms with van der Waals surface area (Å²) >= 11 is 0. The summed E-state index contributed by atoms with van der Waals surface area (Å²) in [5, 5.41) is 7.16. The van der Waals surface area contributed by atoms with E-state index in [4.69, 9.17) is 0 Å². The van der Waals surface area contributed by atoms with Gasteiger partial charge in [0.15, 0.2) is 0 Å². The van der Waals surface area contributed by atoms with Crippen LogP contribution in [0.3, 0.4) is 0 Å². The maximum Gasteiger partial charge on any atom is 0.0688 e. The minimum Gasteiger partial charge on any atom is -0.298 e. The molecule has 0 aromatic heterocycles. The largest absolute Gasteiger partial charge is 0.298 e. The molecule has 0 bridgehead atoms. The first kappa shape index (κ1) is 7.56. The van der Waals surface area contributed by atoms with Gasteiger partial charge in [-0.25, -0.2) is 0 Å². The molecular weight excluding hydrogens is 136 g/mol. The van der Waals surface area contributed by atoms with E-state index in [0.717, 1.165) is 19.0 Å². The zero-order valence-electron chi connectivity index (χ0n) is 7.32. The van der Waals surface area contributed by atoms with Gasteiger partial charge in [-0.05, 0) is 31.6 Å². The van der Waals surface area contributed by atoms with Crippen LogP contribution in [0.25, 0.3) is 0 Å². The Hall–Kier alpha value is -0.0800. The van der Waals surface area contributed by atoms with Crippen LogP contribution < -0.4 is 10.6 Å². The molecule has 1 spiro atoms. The average molecular weight is 154 g/mol. The SMILES string of the molecule is CC1CCC2(CC1)NCCN2. The van der Waals surface area contributed by atoms with Crippen molar-refractivity contribution in [2.24, 2.45) is 5.92 Å². The molecule has 0 aromatic rings. The number of hydrogen-bond donors (Lipinski definition) is 2. The van der Waals surface area contributed by atoms with Crippen LogP contribution in [-0.4, -0.2) is 18.8 Å². The maximum atomic E-state index is 3.58. The molecule has 1 aliphatic carbocycles. The molecule has 11 heavy (non-hydrogen) atoms. The second kappa shape index (κ2) is 2.76. The Balaban J connectivity index is 1.94. The summed E-state index contributed by atoms with van der Waals surface area (Å²) in [5.41, 5.74) is 0.354. The summed E-state index contributed by atoms with van der Waals surface area (Å²) in [6.07, 6.45) is 5.43. The molecule has 2 heteroatoms. The van der Waals surface area contributed by atoms with E-state index in [1.165, 1.54) is 25.7 Å². The molecule has 0 amide bonds. The third-order valence-corrected chi connectivity index (χ3v) is 3.18. The van der Waals surface area contributed by atoms with Gasteiger partial charge in [-0.1, -0.05) is 6.92 Å². The highest BCUT2D eigenvalue weighted by atomic mass is 15.2. The van der Waals surface area contributed by atoms with E-state index in [1.54, 1.807) is 0 Å². The van der Waals surface area contributed by atoms with Crippen molar-refractivity contribution in [2.45, 2.75) is 38.3 Å². The molecule has 1 heterocycles. The number of hydrogen-bond acceptors (Lipinski definition) is 2. The average Bonchev–Trinajstić information content (AvgIpc) is 2.45. The molecule has 0 unspecified atom stereocenters. The van der Waals surface area contributed by atoms with Crippen LogP contribution in [0.5, 0.6) is 0 Å². The molecule has 1 saturated heterocycles. The summed E-state index contributed by atoms with van der Waals surface area (Å²) in [6.45, 7) is 4.69. The smallest absolute Gasteiger partial charge is 0.0688 e. The molecule has 0 aromatic carbocycles. The summed E-state index contributed by atoms with van der Waals surface area (Å²) in [6, 6.07) is 0. The normalized spacial score (nSPS) is 31.4. The van der Waals surface area contributed by atoms with Crippen molar-refractivity contribution in [2.75, 3.05) is 13.1 Å². The van der Waals surface area contributed by atoms with E-state index in [0.29, 0.717) is 5.66 Å². The zero-order valence-corrected chi connectivity index (χ0v) is 7.32. The van der Waals surface area contributed by atoms with Gasteiger partial charge in [-0.2, -0.15) is 0 Å². The van der Waals surface area contributed by atoms with Crippen molar-refractivity contribution >= 4 is 0 Å². The Bertz CT molecular complexity index is 128. The van der Waals surface area contributed by atoms with Crippen molar-refractivity contribution < 1.29 is 0 Å². The first-order valence-electron chi connectivity index (χ1n) is 4.81. The summed E-state index contributed by atoms with van der Waals surface area (Å²) in [7, 11) is 0. The molecule has 2 rings (SSSR count). The molecule has 1 aliphatic heterocycles. The molecule has 2 fully saturated rings. The van der Waals surface area contributed by atoms with Crippen LogP contribution in [0, 0.1) is 5.92 Å². The van der Waals surface area contributed by atoms with Crippen molar-refractivity contribution in [1.29, 1.82) is 0 Å². The van der Waals surface area contributed by atoms with Gasteiger partial charge in [-0.15, -0.1) is 0 Å². The van der Waals surface area contributed by atoms with Crippen molar-refractivity contribution in [1.82, 2.24) is 10.6 Å².